The molecule has 0 aliphatic carbocycles. The van der Waals surface area contributed by atoms with Crippen molar-refractivity contribution < 1.29 is 14.3 Å². The van der Waals surface area contributed by atoms with Crippen molar-refractivity contribution >= 4 is 11.9 Å². The van der Waals surface area contributed by atoms with E-state index in [0.717, 1.165) is 0 Å². The van der Waals surface area contributed by atoms with Crippen LogP contribution in [0.2, 0.25) is 0 Å². The van der Waals surface area contributed by atoms with Crippen molar-refractivity contribution in [3.63, 3.8) is 0 Å². The van der Waals surface area contributed by atoms with Crippen molar-refractivity contribution in [2.45, 2.75) is 19.4 Å². The molecule has 0 saturated heterocycles. The Kier molecular flexibility index (Phi) is 5.88. The number of methoxy groups -OCH3 is 1. The number of rotatable bonds is 5. The van der Waals surface area contributed by atoms with E-state index < -0.39 is 5.97 Å². The van der Waals surface area contributed by atoms with Crippen molar-refractivity contribution in [1.82, 2.24) is 10.6 Å². The maximum Gasteiger partial charge on any atom is 0.315 e. The third kappa shape index (κ3) is 6.10. The van der Waals surface area contributed by atoms with E-state index >= 15 is 0 Å². The maximum absolute atomic E-state index is 11.0. The van der Waals surface area contributed by atoms with Crippen LogP contribution < -0.4 is 10.6 Å². The lowest BCUT2D eigenvalue weighted by Gasteiger charge is -2.10. The van der Waals surface area contributed by atoms with Crippen LogP contribution in [-0.4, -0.2) is 38.6 Å². The first-order valence-corrected chi connectivity index (χ1v) is 4.11. The van der Waals surface area contributed by atoms with E-state index in [4.69, 9.17) is 0 Å². The predicted molar refractivity (Wildman–Crippen MR) is 48.2 cm³/mol. The second-order valence-corrected chi connectivity index (χ2v) is 2.75. The molecule has 0 aromatic heterocycles. The zero-order chi connectivity index (χ0) is 10.3. The second-order valence-electron chi connectivity index (χ2n) is 2.75. The average molecular weight is 188 g/mol. The summed E-state index contributed by atoms with van der Waals surface area (Å²) in [7, 11) is 3.06. The molecule has 2 N–H and O–H groups in total. The molecule has 5 nitrogen and oxygen atoms in total. The summed E-state index contributed by atoms with van der Waals surface area (Å²) in [6, 6.07) is 0.196. The number of hydrogen-bond acceptors (Lipinski definition) is 4. The van der Waals surface area contributed by atoms with Crippen LogP contribution in [0.4, 0.5) is 0 Å². The van der Waals surface area contributed by atoms with Gasteiger partial charge in [-0.05, 0) is 14.0 Å². The van der Waals surface area contributed by atoms with E-state index in [2.05, 4.69) is 15.4 Å². The van der Waals surface area contributed by atoms with Crippen molar-refractivity contribution in [2.24, 2.45) is 0 Å². The predicted octanol–water partition coefficient (Wildman–Crippen LogP) is -0.726. The summed E-state index contributed by atoms with van der Waals surface area (Å²) in [5.41, 5.74) is 0. The number of nitrogens with one attached hydrogen (secondary N) is 2. The van der Waals surface area contributed by atoms with Gasteiger partial charge in [0.05, 0.1) is 7.11 Å². The molecule has 0 rings (SSSR count). The van der Waals surface area contributed by atoms with Gasteiger partial charge in [-0.15, -0.1) is 0 Å². The first-order valence-electron chi connectivity index (χ1n) is 4.11. The number of carbonyl (C=O) groups is 2. The van der Waals surface area contributed by atoms with Crippen LogP contribution in [0.1, 0.15) is 13.3 Å². The maximum atomic E-state index is 11.0. The first kappa shape index (κ1) is 11.9. The molecule has 0 aromatic carbocycles. The molecule has 0 bridgehead atoms. The number of carbonyl (C=O) groups excluding carboxylic acids is 2. The van der Waals surface area contributed by atoms with E-state index in [1.54, 1.807) is 7.05 Å². The second kappa shape index (κ2) is 6.42. The molecule has 0 aromatic rings. The third-order valence-corrected chi connectivity index (χ3v) is 1.63. The molecular formula is C8H16N2O3. The minimum atomic E-state index is -0.519. The molecule has 0 aliphatic rings. The number of likely N-dealkylation sites (N-methyl/N-ethyl adjacent to an activating group) is 1. The highest BCUT2D eigenvalue weighted by atomic mass is 16.5. The van der Waals surface area contributed by atoms with Crippen LogP contribution in [-0.2, 0) is 14.3 Å². The minimum Gasteiger partial charge on any atom is -0.469 e. The largest absolute Gasteiger partial charge is 0.469 e. The van der Waals surface area contributed by atoms with Crippen LogP contribution in [0.3, 0.4) is 0 Å². The topological polar surface area (TPSA) is 67.4 Å². The van der Waals surface area contributed by atoms with Gasteiger partial charge in [0.2, 0.25) is 5.91 Å². The molecule has 13 heavy (non-hydrogen) atoms. The zero-order valence-electron chi connectivity index (χ0n) is 8.22. The van der Waals surface area contributed by atoms with Crippen molar-refractivity contribution in [3.05, 3.63) is 0 Å². The molecule has 0 heterocycles. The van der Waals surface area contributed by atoms with Gasteiger partial charge < -0.3 is 15.4 Å². The summed E-state index contributed by atoms with van der Waals surface area (Å²) in [5, 5.41) is 5.55. The Bertz CT molecular complexity index is 182. The zero-order valence-corrected chi connectivity index (χ0v) is 8.22. The average Bonchev–Trinajstić information content (AvgIpc) is 2.13. The quantitative estimate of drug-likeness (QED) is 0.441. The normalized spacial score (nSPS) is 11.9. The Morgan fingerprint density at radius 3 is 2.54 bits per heavy atom. The summed E-state index contributed by atoms with van der Waals surface area (Å²) in [4.78, 5) is 21.6. The lowest BCUT2D eigenvalue weighted by molar-refractivity contribution is -0.143. The molecule has 0 spiro atoms. The Morgan fingerprint density at radius 2 is 2.08 bits per heavy atom. The van der Waals surface area contributed by atoms with Gasteiger partial charge in [-0.2, -0.15) is 0 Å². The van der Waals surface area contributed by atoms with Gasteiger partial charge in [0.25, 0.3) is 0 Å². The molecule has 0 aliphatic heterocycles. The fourth-order valence-corrected chi connectivity index (χ4v) is 0.635. The van der Waals surface area contributed by atoms with Gasteiger partial charge in [0.1, 0.15) is 6.42 Å². The van der Waals surface area contributed by atoms with Crippen molar-refractivity contribution in [1.29, 1.82) is 0 Å². The first-order chi connectivity index (χ1) is 6.10. The highest BCUT2D eigenvalue weighted by Gasteiger charge is 2.09. The Balaban J connectivity index is 3.57. The summed E-state index contributed by atoms with van der Waals surface area (Å²) in [6.45, 7) is 2.44. The monoisotopic (exact) mass is 188 g/mol. The Labute approximate surface area is 77.8 Å². The summed E-state index contributed by atoms with van der Waals surface area (Å²) < 4.78 is 4.34. The van der Waals surface area contributed by atoms with E-state index in [1.165, 1.54) is 7.11 Å². The van der Waals surface area contributed by atoms with Crippen LogP contribution >= 0.6 is 0 Å². The number of amides is 1. The Morgan fingerprint density at radius 1 is 1.46 bits per heavy atom. The minimum absolute atomic E-state index is 0.196. The number of hydrogen-bond donors (Lipinski definition) is 2. The van der Waals surface area contributed by atoms with Gasteiger partial charge in [-0.25, -0.2) is 0 Å². The highest BCUT2D eigenvalue weighted by molar-refractivity contribution is 5.94. The number of ether oxygens (including phenoxy) is 1. The highest BCUT2D eigenvalue weighted by Crippen LogP contribution is 1.84. The van der Waals surface area contributed by atoms with Gasteiger partial charge in [-0.3, -0.25) is 9.59 Å². The van der Waals surface area contributed by atoms with E-state index in [9.17, 15) is 9.59 Å². The van der Waals surface area contributed by atoms with E-state index in [-0.39, 0.29) is 18.4 Å². The van der Waals surface area contributed by atoms with Crippen LogP contribution in [0.15, 0.2) is 0 Å². The van der Waals surface area contributed by atoms with E-state index in [0.29, 0.717) is 6.54 Å². The summed E-state index contributed by atoms with van der Waals surface area (Å²) >= 11 is 0. The Hall–Kier alpha value is -1.10. The molecule has 76 valence electrons. The van der Waals surface area contributed by atoms with Gasteiger partial charge in [0, 0.05) is 12.6 Å². The fraction of sp³-hybridized carbons (Fsp3) is 0.750. The van der Waals surface area contributed by atoms with E-state index in [1.807, 2.05) is 6.92 Å². The van der Waals surface area contributed by atoms with Gasteiger partial charge >= 0.3 is 5.97 Å². The molecular weight excluding hydrogens is 172 g/mol. The number of esters is 1. The SMILES string of the molecule is CNC(C)CNC(=O)CC(=O)OC. The summed E-state index contributed by atoms with van der Waals surface area (Å²) in [5.74, 6) is -0.830. The molecule has 1 amide bonds. The summed E-state index contributed by atoms with van der Waals surface area (Å²) in [6.07, 6.45) is -0.215. The van der Waals surface area contributed by atoms with Crippen LogP contribution in [0.5, 0.6) is 0 Å². The van der Waals surface area contributed by atoms with Gasteiger partial charge in [-0.1, -0.05) is 0 Å². The molecule has 0 fully saturated rings. The molecule has 1 unspecified atom stereocenters. The molecule has 5 heteroatoms. The third-order valence-electron chi connectivity index (χ3n) is 1.63. The van der Waals surface area contributed by atoms with Crippen molar-refractivity contribution in [2.75, 3.05) is 20.7 Å². The molecule has 0 saturated carbocycles. The smallest absolute Gasteiger partial charge is 0.315 e. The van der Waals surface area contributed by atoms with Gasteiger partial charge in [0.15, 0.2) is 0 Å². The van der Waals surface area contributed by atoms with Crippen LogP contribution in [0, 0.1) is 0 Å². The van der Waals surface area contributed by atoms with Crippen LogP contribution in [0.25, 0.3) is 0 Å². The fourth-order valence-electron chi connectivity index (χ4n) is 0.635. The molecule has 0 radical (unpaired) electrons. The standard InChI is InChI=1S/C8H16N2O3/c1-6(9-2)5-10-7(11)4-8(12)13-3/h6,9H,4-5H2,1-3H3,(H,10,11). The lowest BCUT2D eigenvalue weighted by Crippen LogP contribution is -2.37. The van der Waals surface area contributed by atoms with Crippen molar-refractivity contribution in [3.8, 4) is 0 Å². The lowest BCUT2D eigenvalue weighted by atomic mass is 10.3. The molecule has 1 atom stereocenters.